The molecule has 0 bridgehead atoms. The Balaban J connectivity index is 0.000000430. The summed E-state index contributed by atoms with van der Waals surface area (Å²) in [6.45, 7) is 4.29. The summed E-state index contributed by atoms with van der Waals surface area (Å²) in [5.74, 6) is -1.77. The molecule has 2 N–H and O–H groups in total. The van der Waals surface area contributed by atoms with Crippen molar-refractivity contribution in [3.63, 3.8) is 0 Å². The van der Waals surface area contributed by atoms with Crippen LogP contribution in [-0.2, 0) is 51.3 Å². The van der Waals surface area contributed by atoms with Crippen LogP contribution in [0.2, 0.25) is 0 Å². The molecule has 1 unspecified atom stereocenters. The highest BCUT2D eigenvalue weighted by Crippen LogP contribution is 2.05. The molecule has 0 saturated heterocycles. The van der Waals surface area contributed by atoms with Crippen LogP contribution in [0, 0.1) is 0 Å². The van der Waals surface area contributed by atoms with Crippen LogP contribution >= 0.6 is 15.9 Å². The molecule has 234 valence electrons. The number of amides is 2. The first-order valence-corrected chi connectivity index (χ1v) is 14.4. The average molecular weight is 666 g/mol. The number of nitrogens with one attached hydrogen (secondary N) is 2. The van der Waals surface area contributed by atoms with Crippen molar-refractivity contribution in [3.05, 3.63) is 71.8 Å². The first-order chi connectivity index (χ1) is 20.6. The van der Waals surface area contributed by atoms with Crippen LogP contribution < -0.4 is 10.6 Å². The Hall–Kier alpha value is -4.26. The Morgan fingerprint density at radius 1 is 0.674 bits per heavy atom. The van der Waals surface area contributed by atoms with E-state index < -0.39 is 29.0 Å². The summed E-state index contributed by atoms with van der Waals surface area (Å²) in [4.78, 5) is 67.5. The summed E-state index contributed by atoms with van der Waals surface area (Å²) in [5.41, 5.74) is 1.75. The number of esters is 2. The molecule has 12 nitrogen and oxygen atoms in total. The van der Waals surface area contributed by atoms with E-state index in [9.17, 15) is 28.8 Å². The first kappa shape index (κ1) is 36.8. The van der Waals surface area contributed by atoms with E-state index in [0.717, 1.165) is 11.1 Å². The number of Topliss-reactive ketones (excluding diaryl/α,β-unsaturated/α-hetero) is 2. The molecule has 2 aromatic carbocycles. The second-order valence-corrected chi connectivity index (χ2v) is 9.72. The molecule has 0 saturated carbocycles. The SMILES string of the molecule is CCOC(=O)CC(=O)C(Br)CNC(=O)OCc1ccccc1.CCOC(=O)CC(=O)CCNC(=O)OCc1ccccc1. The van der Waals surface area contributed by atoms with Gasteiger partial charge in [-0.15, -0.1) is 0 Å². The molecular weight excluding hydrogens is 628 g/mol. The maximum atomic E-state index is 11.7. The summed E-state index contributed by atoms with van der Waals surface area (Å²) < 4.78 is 19.3. The highest BCUT2D eigenvalue weighted by Gasteiger charge is 2.20. The zero-order valence-electron chi connectivity index (χ0n) is 24.2. The Morgan fingerprint density at radius 2 is 1.14 bits per heavy atom. The zero-order valence-corrected chi connectivity index (χ0v) is 25.8. The largest absolute Gasteiger partial charge is 0.466 e. The Labute approximate surface area is 258 Å². The van der Waals surface area contributed by atoms with Crippen LogP contribution in [0.5, 0.6) is 0 Å². The Morgan fingerprint density at radius 3 is 1.63 bits per heavy atom. The minimum Gasteiger partial charge on any atom is -0.466 e. The lowest BCUT2D eigenvalue weighted by Crippen LogP contribution is -2.34. The van der Waals surface area contributed by atoms with Crippen molar-refractivity contribution in [1.82, 2.24) is 10.6 Å². The van der Waals surface area contributed by atoms with E-state index in [4.69, 9.17) is 9.47 Å². The molecule has 13 heteroatoms. The summed E-state index contributed by atoms with van der Waals surface area (Å²) in [7, 11) is 0. The fraction of sp³-hybridized carbons (Fsp3) is 0.400. The topological polar surface area (TPSA) is 163 Å². The number of ether oxygens (including phenoxy) is 4. The fourth-order valence-corrected chi connectivity index (χ4v) is 3.39. The van der Waals surface area contributed by atoms with Crippen LogP contribution in [0.3, 0.4) is 0 Å². The van der Waals surface area contributed by atoms with Gasteiger partial charge in [-0.3, -0.25) is 19.2 Å². The van der Waals surface area contributed by atoms with E-state index >= 15 is 0 Å². The molecule has 0 aliphatic rings. The van der Waals surface area contributed by atoms with Gasteiger partial charge in [0.1, 0.15) is 31.8 Å². The predicted molar refractivity (Wildman–Crippen MR) is 159 cm³/mol. The molecule has 0 spiro atoms. The van der Waals surface area contributed by atoms with E-state index in [-0.39, 0.29) is 70.3 Å². The Kier molecular flexibility index (Phi) is 19.1. The van der Waals surface area contributed by atoms with E-state index in [1.54, 1.807) is 13.8 Å². The third-order valence-electron chi connectivity index (χ3n) is 5.14. The van der Waals surface area contributed by atoms with Crippen molar-refractivity contribution in [2.75, 3.05) is 26.3 Å². The van der Waals surface area contributed by atoms with Crippen LogP contribution in [0.15, 0.2) is 60.7 Å². The molecule has 0 radical (unpaired) electrons. The van der Waals surface area contributed by atoms with Crippen molar-refractivity contribution in [3.8, 4) is 0 Å². The van der Waals surface area contributed by atoms with Crippen molar-refractivity contribution in [2.45, 2.75) is 51.2 Å². The van der Waals surface area contributed by atoms with Crippen LogP contribution in [-0.4, -0.2) is 66.8 Å². The van der Waals surface area contributed by atoms with Gasteiger partial charge in [0.05, 0.1) is 18.0 Å². The van der Waals surface area contributed by atoms with Gasteiger partial charge in [0.25, 0.3) is 0 Å². The first-order valence-electron chi connectivity index (χ1n) is 13.5. The smallest absolute Gasteiger partial charge is 0.407 e. The molecule has 2 rings (SSSR count). The molecule has 0 aliphatic heterocycles. The third-order valence-corrected chi connectivity index (χ3v) is 5.98. The van der Waals surface area contributed by atoms with Gasteiger partial charge in [0, 0.05) is 19.5 Å². The van der Waals surface area contributed by atoms with Gasteiger partial charge in [-0.1, -0.05) is 76.6 Å². The standard InChI is InChI=1S/C15H18BrNO5.C15H19NO5/c1-2-21-14(19)8-13(18)12(16)9-17-15(20)22-10-11-6-4-3-5-7-11;1-2-20-14(18)10-13(17)8-9-16-15(19)21-11-12-6-4-3-5-7-12/h3-7,12H,2,8-10H2,1H3,(H,17,20);3-7H,2,8-11H2,1H3,(H,16,19). The monoisotopic (exact) mass is 664 g/mol. The van der Waals surface area contributed by atoms with Gasteiger partial charge in [-0.2, -0.15) is 0 Å². The van der Waals surface area contributed by atoms with Gasteiger partial charge in [0.2, 0.25) is 0 Å². The summed E-state index contributed by atoms with van der Waals surface area (Å²) >= 11 is 3.12. The number of alkyl halides is 1. The summed E-state index contributed by atoms with van der Waals surface area (Å²) in [6.07, 6.45) is -1.75. The molecule has 0 aliphatic carbocycles. The second kappa shape index (κ2) is 22.4. The van der Waals surface area contributed by atoms with Gasteiger partial charge in [0.15, 0.2) is 5.78 Å². The molecule has 2 amide bonds. The predicted octanol–water partition coefficient (Wildman–Crippen LogP) is 4.02. The lowest BCUT2D eigenvalue weighted by molar-refractivity contribution is -0.147. The van der Waals surface area contributed by atoms with Gasteiger partial charge in [-0.25, -0.2) is 9.59 Å². The number of hydrogen-bond acceptors (Lipinski definition) is 10. The van der Waals surface area contributed by atoms with Crippen molar-refractivity contribution in [2.24, 2.45) is 0 Å². The third kappa shape index (κ3) is 18.7. The van der Waals surface area contributed by atoms with Crippen molar-refractivity contribution < 1.29 is 47.7 Å². The number of rotatable bonds is 16. The van der Waals surface area contributed by atoms with Crippen LogP contribution in [0.25, 0.3) is 0 Å². The second-order valence-electron chi connectivity index (χ2n) is 8.62. The summed E-state index contributed by atoms with van der Waals surface area (Å²) in [5, 5.41) is 4.91. The molecule has 1 atom stereocenters. The number of carbonyl (C=O) groups is 6. The Bertz CT molecular complexity index is 1160. The lowest BCUT2D eigenvalue weighted by atomic mass is 10.2. The van der Waals surface area contributed by atoms with Gasteiger partial charge in [-0.05, 0) is 25.0 Å². The number of halogens is 1. The highest BCUT2D eigenvalue weighted by molar-refractivity contribution is 9.10. The van der Waals surface area contributed by atoms with Crippen LogP contribution in [0.4, 0.5) is 9.59 Å². The van der Waals surface area contributed by atoms with Crippen molar-refractivity contribution >= 4 is 51.6 Å². The van der Waals surface area contributed by atoms with E-state index in [1.165, 1.54) is 0 Å². The molecule has 43 heavy (non-hydrogen) atoms. The molecule has 0 fully saturated rings. The normalized spacial score (nSPS) is 10.6. The minimum absolute atomic E-state index is 0.0336. The molecular formula is C30H37BrN2O10. The minimum atomic E-state index is -0.666. The fourth-order valence-electron chi connectivity index (χ4n) is 3.07. The highest BCUT2D eigenvalue weighted by atomic mass is 79.9. The average Bonchev–Trinajstić information content (AvgIpc) is 2.99. The van der Waals surface area contributed by atoms with E-state index in [1.807, 2.05) is 60.7 Å². The number of alkyl carbamates (subject to hydrolysis) is 2. The van der Waals surface area contributed by atoms with Gasteiger partial charge >= 0.3 is 24.1 Å². The van der Waals surface area contributed by atoms with E-state index in [2.05, 4.69) is 36.0 Å². The van der Waals surface area contributed by atoms with Crippen LogP contribution in [0.1, 0.15) is 44.2 Å². The van der Waals surface area contributed by atoms with Gasteiger partial charge < -0.3 is 29.6 Å². The molecule has 2 aromatic rings. The lowest BCUT2D eigenvalue weighted by Gasteiger charge is -2.10. The molecule has 0 aromatic heterocycles. The number of benzene rings is 2. The number of carbonyl (C=O) groups excluding carboxylic acids is 6. The molecule has 0 heterocycles. The summed E-state index contributed by atoms with van der Waals surface area (Å²) in [6, 6.07) is 18.5. The number of ketones is 2. The van der Waals surface area contributed by atoms with Crippen molar-refractivity contribution in [1.29, 1.82) is 0 Å². The van der Waals surface area contributed by atoms with E-state index in [0.29, 0.717) is 0 Å². The quantitative estimate of drug-likeness (QED) is 0.116. The maximum Gasteiger partial charge on any atom is 0.407 e. The zero-order chi connectivity index (χ0) is 31.9. The number of hydrogen-bond donors (Lipinski definition) is 2. The maximum absolute atomic E-state index is 11.7.